The summed E-state index contributed by atoms with van der Waals surface area (Å²) in [5.74, 6) is 0.726. The van der Waals surface area contributed by atoms with Gasteiger partial charge < -0.3 is 22.1 Å². The molecule has 3 rings (SSSR count). The van der Waals surface area contributed by atoms with Crippen molar-refractivity contribution in [3.05, 3.63) is 54.1 Å². The number of hydrogen-bond donors (Lipinski definition) is 1. The van der Waals surface area contributed by atoms with Gasteiger partial charge in [0.05, 0.1) is 19.0 Å². The highest BCUT2D eigenvalue weighted by Gasteiger charge is 2.16. The van der Waals surface area contributed by atoms with Crippen LogP contribution in [0.15, 0.2) is 43.0 Å². The van der Waals surface area contributed by atoms with E-state index in [0.717, 1.165) is 11.5 Å². The molecule has 114 valence electrons. The first-order chi connectivity index (χ1) is 9.83. The zero-order chi connectivity index (χ0) is 13.8. The lowest BCUT2D eigenvalue weighted by Gasteiger charge is -2.22. The van der Waals surface area contributed by atoms with Gasteiger partial charge in [0.25, 0.3) is 0 Å². The molecule has 0 bridgehead atoms. The fraction of sp³-hybridized carbons (Fsp3) is 0.471. The van der Waals surface area contributed by atoms with Crippen molar-refractivity contribution < 1.29 is 18.9 Å². The van der Waals surface area contributed by atoms with Gasteiger partial charge in [-0.2, -0.15) is 0 Å². The molecule has 0 amide bonds. The molecule has 1 atom stereocenters. The Bertz CT molecular complexity index is 524. The Balaban J connectivity index is 0.00000121. The van der Waals surface area contributed by atoms with Crippen molar-refractivity contribution in [1.29, 1.82) is 0 Å². The molecule has 2 aromatic rings. The Kier molecular flexibility index (Phi) is 5.83. The average molecular weight is 307 g/mol. The van der Waals surface area contributed by atoms with Gasteiger partial charge in [-0.25, -0.2) is 4.98 Å². The first kappa shape index (κ1) is 16.1. The van der Waals surface area contributed by atoms with E-state index >= 15 is 0 Å². The van der Waals surface area contributed by atoms with Crippen molar-refractivity contribution in [2.75, 3.05) is 0 Å². The lowest BCUT2D eigenvalue weighted by molar-refractivity contribution is -0.00000610. The number of nitrogens with zero attached hydrogens (tertiary/aromatic N) is 2. The van der Waals surface area contributed by atoms with Crippen molar-refractivity contribution >= 4 is 0 Å². The predicted octanol–water partition coefficient (Wildman–Crippen LogP) is 0.781. The molecular formula is C17H23ClN2O. The molecule has 1 fully saturated rings. The Morgan fingerprint density at radius 1 is 1.19 bits per heavy atom. The zero-order valence-corrected chi connectivity index (χ0v) is 12.9. The summed E-state index contributed by atoms with van der Waals surface area (Å²) in [7, 11) is 0. The van der Waals surface area contributed by atoms with Crippen LogP contribution in [0.2, 0.25) is 0 Å². The minimum atomic E-state index is -0.468. The van der Waals surface area contributed by atoms with Crippen LogP contribution >= 0.6 is 0 Å². The van der Waals surface area contributed by atoms with Crippen LogP contribution in [-0.4, -0.2) is 14.7 Å². The van der Waals surface area contributed by atoms with Crippen LogP contribution in [-0.2, 0) is 6.54 Å². The molecule has 1 N–H and O–H groups in total. The molecule has 0 saturated heterocycles. The molecule has 21 heavy (non-hydrogen) atoms. The van der Waals surface area contributed by atoms with Crippen molar-refractivity contribution in [2.24, 2.45) is 0 Å². The zero-order valence-electron chi connectivity index (χ0n) is 13.2. The van der Waals surface area contributed by atoms with Gasteiger partial charge in [-0.3, -0.25) is 0 Å². The lowest BCUT2D eigenvalue weighted by Crippen LogP contribution is -3.00. The number of hydrogen-bond acceptors (Lipinski definition) is 2. The first-order valence-corrected chi connectivity index (χ1v) is 7.56. The van der Waals surface area contributed by atoms with Gasteiger partial charge in [0, 0.05) is 12.4 Å². The van der Waals surface area contributed by atoms with E-state index in [-0.39, 0.29) is 13.8 Å². The summed E-state index contributed by atoms with van der Waals surface area (Å²) in [5, 5.41) is 10.2. The summed E-state index contributed by atoms with van der Waals surface area (Å²) in [4.78, 5) is 4.00. The van der Waals surface area contributed by atoms with Crippen LogP contribution in [0, 0.1) is 0 Å². The maximum absolute atomic E-state index is 10.2. The average Bonchev–Trinajstić information content (AvgIpc) is 3.01. The molecule has 1 aromatic heterocycles. The summed E-state index contributed by atoms with van der Waals surface area (Å²) in [5.41, 5.74) is 2.42. The number of benzene rings is 1. The standard InChI is InChI=1S/C17H22N2O.ClH/c20-17(12-19-11-10-18-13-19)16-8-6-15(7-9-16)14-4-2-1-3-5-14;/h6-11,13-14,17,20H,1-5,12H2;1H. The number of aromatic nitrogens is 2. The van der Waals surface area contributed by atoms with E-state index in [0.29, 0.717) is 6.54 Å². The summed E-state index contributed by atoms with van der Waals surface area (Å²) >= 11 is 0. The number of rotatable bonds is 4. The van der Waals surface area contributed by atoms with Gasteiger partial charge in [0.1, 0.15) is 0 Å². The summed E-state index contributed by atoms with van der Waals surface area (Å²) in [6.45, 7) is 0.558. The second-order valence-electron chi connectivity index (χ2n) is 5.78. The monoisotopic (exact) mass is 306 g/mol. The van der Waals surface area contributed by atoms with E-state index in [1.807, 2.05) is 10.8 Å². The van der Waals surface area contributed by atoms with E-state index in [9.17, 15) is 5.11 Å². The van der Waals surface area contributed by atoms with Crippen LogP contribution in [0.1, 0.15) is 56.7 Å². The molecule has 1 aliphatic rings. The minimum Gasteiger partial charge on any atom is -1.00 e. The predicted molar refractivity (Wildman–Crippen MR) is 80.6 cm³/mol. The van der Waals surface area contributed by atoms with Crippen LogP contribution in [0.4, 0.5) is 0 Å². The third-order valence-corrected chi connectivity index (χ3v) is 4.34. The summed E-state index contributed by atoms with van der Waals surface area (Å²) in [6.07, 6.45) is 11.6. The largest absolute Gasteiger partial charge is 1.00 e. The van der Waals surface area contributed by atoms with Crippen molar-refractivity contribution in [3.63, 3.8) is 0 Å². The maximum atomic E-state index is 10.2. The summed E-state index contributed by atoms with van der Waals surface area (Å²) < 4.78 is 1.90. The molecule has 1 saturated carbocycles. The molecule has 0 spiro atoms. The minimum absolute atomic E-state index is 0. The number of imidazole rings is 1. The molecular weight excluding hydrogens is 284 g/mol. The van der Waals surface area contributed by atoms with Crippen molar-refractivity contribution in [2.45, 2.75) is 50.7 Å². The Hall–Kier alpha value is -1.32. The second kappa shape index (κ2) is 7.62. The second-order valence-corrected chi connectivity index (χ2v) is 5.78. The lowest BCUT2D eigenvalue weighted by atomic mass is 9.84. The van der Waals surface area contributed by atoms with E-state index < -0.39 is 6.10 Å². The SMILES string of the molecule is OC(Cn1ccnc1)c1ccc(C2CCCCC2)cc1.[Cl-].[H+]. The van der Waals surface area contributed by atoms with Gasteiger partial charge in [-0.15, -0.1) is 0 Å². The number of aliphatic hydroxyl groups is 1. The van der Waals surface area contributed by atoms with Crippen molar-refractivity contribution in [1.82, 2.24) is 9.55 Å². The molecule has 1 unspecified atom stereocenters. The van der Waals surface area contributed by atoms with Crippen LogP contribution < -0.4 is 12.4 Å². The molecule has 0 radical (unpaired) electrons. The van der Waals surface area contributed by atoms with Crippen molar-refractivity contribution in [3.8, 4) is 0 Å². The first-order valence-electron chi connectivity index (χ1n) is 7.56. The summed E-state index contributed by atoms with van der Waals surface area (Å²) in [6, 6.07) is 8.54. The normalized spacial score (nSPS) is 17.2. The van der Waals surface area contributed by atoms with Gasteiger partial charge in [-0.1, -0.05) is 43.5 Å². The fourth-order valence-corrected chi connectivity index (χ4v) is 3.13. The van der Waals surface area contributed by atoms with Crippen LogP contribution in [0.3, 0.4) is 0 Å². The molecule has 0 aliphatic heterocycles. The van der Waals surface area contributed by atoms with Gasteiger partial charge in [0.15, 0.2) is 0 Å². The Morgan fingerprint density at radius 3 is 2.52 bits per heavy atom. The Morgan fingerprint density at radius 2 is 1.90 bits per heavy atom. The fourth-order valence-electron chi connectivity index (χ4n) is 3.13. The third kappa shape index (κ3) is 4.08. The topological polar surface area (TPSA) is 38.0 Å². The number of aliphatic hydroxyl groups excluding tert-OH is 1. The quantitative estimate of drug-likeness (QED) is 0.906. The Labute approximate surface area is 133 Å². The van der Waals surface area contributed by atoms with E-state index in [1.54, 1.807) is 12.5 Å². The van der Waals surface area contributed by atoms with Crippen LogP contribution in [0.25, 0.3) is 0 Å². The highest BCUT2D eigenvalue weighted by atomic mass is 35.5. The molecule has 1 aliphatic carbocycles. The van der Waals surface area contributed by atoms with Gasteiger partial charge in [0.2, 0.25) is 0 Å². The van der Waals surface area contributed by atoms with Gasteiger partial charge in [-0.05, 0) is 29.9 Å². The highest BCUT2D eigenvalue weighted by molar-refractivity contribution is 5.27. The smallest absolute Gasteiger partial charge is 1.00 e. The van der Waals surface area contributed by atoms with Gasteiger partial charge >= 0.3 is 1.43 Å². The van der Waals surface area contributed by atoms with Crippen LogP contribution in [0.5, 0.6) is 0 Å². The van der Waals surface area contributed by atoms with E-state index in [4.69, 9.17) is 0 Å². The van der Waals surface area contributed by atoms with E-state index in [1.165, 1.54) is 37.7 Å². The third-order valence-electron chi connectivity index (χ3n) is 4.34. The molecule has 3 nitrogen and oxygen atoms in total. The molecule has 1 aromatic carbocycles. The molecule has 1 heterocycles. The highest BCUT2D eigenvalue weighted by Crippen LogP contribution is 2.33. The molecule has 4 heteroatoms. The maximum Gasteiger partial charge on any atom is 1.00 e. The van der Waals surface area contributed by atoms with E-state index in [2.05, 4.69) is 29.2 Å². The number of halogens is 1.